The van der Waals surface area contributed by atoms with Crippen LogP contribution in [0.1, 0.15) is 38.5 Å². The van der Waals surface area contributed by atoms with Crippen LogP contribution in [0.3, 0.4) is 0 Å². The van der Waals surface area contributed by atoms with Gasteiger partial charge >= 0.3 is 0 Å². The zero-order valence-corrected chi connectivity index (χ0v) is 13.8. The zero-order valence-electron chi connectivity index (χ0n) is 13.8. The Kier molecular flexibility index (Phi) is 6.45. The van der Waals surface area contributed by atoms with E-state index in [1.54, 1.807) is 0 Å². The molecular formula is C16H32N4O. The number of carbonyl (C=O) groups excluding carboxylic acids is 1. The Balaban J connectivity index is 1.87. The molecular weight excluding hydrogens is 264 g/mol. The molecule has 0 saturated carbocycles. The van der Waals surface area contributed by atoms with Crippen molar-refractivity contribution in [1.29, 1.82) is 0 Å². The maximum absolute atomic E-state index is 12.5. The van der Waals surface area contributed by atoms with Gasteiger partial charge in [-0.2, -0.15) is 0 Å². The van der Waals surface area contributed by atoms with E-state index in [-0.39, 0.29) is 6.04 Å². The molecule has 21 heavy (non-hydrogen) atoms. The lowest BCUT2D eigenvalue weighted by atomic mass is 10.0. The lowest BCUT2D eigenvalue weighted by Gasteiger charge is -2.40. The van der Waals surface area contributed by atoms with Crippen LogP contribution >= 0.6 is 0 Å². The minimum atomic E-state index is 0.210. The maximum Gasteiger partial charge on any atom is 0.224 e. The highest BCUT2D eigenvalue weighted by molar-refractivity contribution is 5.77. The number of likely N-dealkylation sites (tertiary alicyclic amines) is 2. The quantitative estimate of drug-likeness (QED) is 0.813. The van der Waals surface area contributed by atoms with Gasteiger partial charge in [-0.1, -0.05) is 0 Å². The largest absolute Gasteiger partial charge is 0.343 e. The van der Waals surface area contributed by atoms with Crippen LogP contribution < -0.4 is 5.73 Å². The molecule has 2 heterocycles. The molecule has 0 aromatic carbocycles. The molecule has 0 spiro atoms. The standard InChI is InChI=1S/C16H32N4O/c1-18(2)14-7-6-10-20(13-14)15(12-17)11-16(21)19-8-4-3-5-9-19/h14-15H,3-13,17H2,1-2H3. The lowest BCUT2D eigenvalue weighted by molar-refractivity contribution is -0.133. The van der Waals surface area contributed by atoms with Crippen molar-refractivity contribution in [3.05, 3.63) is 0 Å². The molecule has 0 aromatic rings. The van der Waals surface area contributed by atoms with E-state index >= 15 is 0 Å². The summed E-state index contributed by atoms with van der Waals surface area (Å²) in [4.78, 5) is 19.2. The molecule has 2 N–H and O–H groups in total. The fourth-order valence-corrected chi connectivity index (χ4v) is 3.57. The number of carbonyl (C=O) groups is 1. The summed E-state index contributed by atoms with van der Waals surface area (Å²) in [5.41, 5.74) is 5.98. The van der Waals surface area contributed by atoms with Crippen molar-refractivity contribution in [1.82, 2.24) is 14.7 Å². The second-order valence-electron chi connectivity index (χ2n) is 6.79. The molecule has 1 amide bonds. The monoisotopic (exact) mass is 296 g/mol. The molecule has 2 unspecified atom stereocenters. The second-order valence-corrected chi connectivity index (χ2v) is 6.79. The maximum atomic E-state index is 12.5. The summed E-state index contributed by atoms with van der Waals surface area (Å²) < 4.78 is 0. The Labute approximate surface area is 129 Å². The van der Waals surface area contributed by atoms with Crippen LogP contribution in [0.2, 0.25) is 0 Å². The molecule has 0 aromatic heterocycles. The third kappa shape index (κ3) is 4.66. The Bertz CT molecular complexity index is 328. The van der Waals surface area contributed by atoms with Crippen molar-refractivity contribution in [2.24, 2.45) is 5.73 Å². The molecule has 0 aliphatic carbocycles. The lowest BCUT2D eigenvalue weighted by Crippen LogP contribution is -2.52. The van der Waals surface area contributed by atoms with Crippen LogP contribution in [-0.4, -0.2) is 79.5 Å². The van der Waals surface area contributed by atoms with Gasteiger partial charge in [-0.15, -0.1) is 0 Å². The number of hydrogen-bond donors (Lipinski definition) is 1. The number of nitrogens with two attached hydrogens (primary N) is 1. The van der Waals surface area contributed by atoms with E-state index in [2.05, 4.69) is 23.9 Å². The van der Waals surface area contributed by atoms with Gasteiger partial charge in [-0.3, -0.25) is 9.69 Å². The van der Waals surface area contributed by atoms with Gasteiger partial charge in [0.1, 0.15) is 0 Å². The van der Waals surface area contributed by atoms with Gasteiger partial charge in [0.2, 0.25) is 5.91 Å². The predicted molar refractivity (Wildman–Crippen MR) is 86.2 cm³/mol. The van der Waals surface area contributed by atoms with E-state index in [4.69, 9.17) is 5.73 Å². The fraction of sp³-hybridized carbons (Fsp3) is 0.938. The summed E-state index contributed by atoms with van der Waals surface area (Å²) in [6, 6.07) is 0.806. The molecule has 0 radical (unpaired) electrons. The van der Waals surface area contributed by atoms with Gasteiger partial charge in [0, 0.05) is 44.7 Å². The first-order chi connectivity index (χ1) is 10.1. The van der Waals surface area contributed by atoms with Crippen molar-refractivity contribution in [2.75, 3.05) is 46.8 Å². The van der Waals surface area contributed by atoms with Crippen LogP contribution in [0.15, 0.2) is 0 Å². The summed E-state index contributed by atoms with van der Waals surface area (Å²) in [5, 5.41) is 0. The molecule has 2 rings (SSSR count). The highest BCUT2D eigenvalue weighted by Gasteiger charge is 2.29. The third-order valence-corrected chi connectivity index (χ3v) is 5.07. The number of rotatable bonds is 5. The minimum Gasteiger partial charge on any atom is -0.343 e. The van der Waals surface area contributed by atoms with E-state index in [9.17, 15) is 4.79 Å². The van der Waals surface area contributed by atoms with Crippen LogP contribution in [0.5, 0.6) is 0 Å². The minimum absolute atomic E-state index is 0.210. The van der Waals surface area contributed by atoms with Crippen molar-refractivity contribution in [3.63, 3.8) is 0 Å². The second kappa shape index (κ2) is 8.11. The average molecular weight is 296 g/mol. The predicted octanol–water partition coefficient (Wildman–Crippen LogP) is 0.742. The van der Waals surface area contributed by atoms with Crippen LogP contribution in [-0.2, 0) is 4.79 Å². The summed E-state index contributed by atoms with van der Waals surface area (Å²) in [6.45, 7) is 4.59. The van der Waals surface area contributed by atoms with Gasteiger partial charge in [-0.25, -0.2) is 0 Å². The van der Waals surface area contributed by atoms with Crippen molar-refractivity contribution in [2.45, 2.75) is 50.6 Å². The Hall–Kier alpha value is -0.650. The van der Waals surface area contributed by atoms with Crippen LogP contribution in [0.4, 0.5) is 0 Å². The zero-order chi connectivity index (χ0) is 15.2. The molecule has 2 fully saturated rings. The number of nitrogens with zero attached hydrogens (tertiary/aromatic N) is 3. The van der Waals surface area contributed by atoms with E-state index in [1.165, 1.54) is 19.3 Å². The average Bonchev–Trinajstić information content (AvgIpc) is 2.53. The van der Waals surface area contributed by atoms with Crippen LogP contribution in [0.25, 0.3) is 0 Å². The van der Waals surface area contributed by atoms with Crippen molar-refractivity contribution >= 4 is 5.91 Å². The molecule has 5 nitrogen and oxygen atoms in total. The first-order valence-electron chi connectivity index (χ1n) is 8.50. The molecule has 2 aliphatic rings. The molecule has 5 heteroatoms. The molecule has 122 valence electrons. The highest BCUT2D eigenvalue weighted by atomic mass is 16.2. The smallest absolute Gasteiger partial charge is 0.224 e. The molecule has 2 saturated heterocycles. The Morgan fingerprint density at radius 2 is 1.90 bits per heavy atom. The molecule has 0 bridgehead atoms. The van der Waals surface area contributed by atoms with E-state index in [1.807, 2.05) is 4.90 Å². The first-order valence-corrected chi connectivity index (χ1v) is 8.50. The molecule has 2 aliphatic heterocycles. The summed E-state index contributed by atoms with van der Waals surface area (Å²) in [7, 11) is 4.29. The van der Waals surface area contributed by atoms with E-state index in [0.717, 1.165) is 39.0 Å². The van der Waals surface area contributed by atoms with E-state index < -0.39 is 0 Å². The topological polar surface area (TPSA) is 52.8 Å². The van der Waals surface area contributed by atoms with Gasteiger partial charge in [0.25, 0.3) is 0 Å². The van der Waals surface area contributed by atoms with Crippen molar-refractivity contribution < 1.29 is 4.79 Å². The normalized spacial score (nSPS) is 26.1. The SMILES string of the molecule is CN(C)C1CCCN(C(CN)CC(=O)N2CCCCC2)C1. The number of amides is 1. The Morgan fingerprint density at radius 1 is 1.19 bits per heavy atom. The summed E-state index contributed by atoms with van der Waals surface area (Å²) >= 11 is 0. The fourth-order valence-electron chi connectivity index (χ4n) is 3.57. The number of likely N-dealkylation sites (N-methyl/N-ethyl adjacent to an activating group) is 1. The first kappa shape index (κ1) is 16.7. The van der Waals surface area contributed by atoms with Gasteiger partial charge in [0.05, 0.1) is 0 Å². The van der Waals surface area contributed by atoms with E-state index in [0.29, 0.717) is 24.9 Å². The Morgan fingerprint density at radius 3 is 2.52 bits per heavy atom. The summed E-state index contributed by atoms with van der Waals surface area (Å²) in [5.74, 6) is 0.303. The van der Waals surface area contributed by atoms with Gasteiger partial charge < -0.3 is 15.5 Å². The van der Waals surface area contributed by atoms with Gasteiger partial charge in [0.15, 0.2) is 0 Å². The third-order valence-electron chi connectivity index (χ3n) is 5.07. The van der Waals surface area contributed by atoms with Crippen molar-refractivity contribution in [3.8, 4) is 0 Å². The van der Waals surface area contributed by atoms with Crippen LogP contribution in [0, 0.1) is 0 Å². The number of piperidine rings is 2. The molecule has 2 atom stereocenters. The van der Waals surface area contributed by atoms with Gasteiger partial charge in [-0.05, 0) is 52.7 Å². The highest BCUT2D eigenvalue weighted by Crippen LogP contribution is 2.19. The summed E-state index contributed by atoms with van der Waals surface area (Å²) in [6.07, 6.45) is 6.63. The number of hydrogen-bond acceptors (Lipinski definition) is 4.